The molecule has 4 heterocycles. The predicted octanol–water partition coefficient (Wildman–Crippen LogP) is 14.4. The Balaban J connectivity index is 0.000000157. The van der Waals surface area contributed by atoms with Crippen LogP contribution in [-0.2, 0) is 0 Å². The SMILES string of the molecule is C.[C-]#[N+]C1=C([N+]#[C-])N=C(c2ccc(-n3c4ccccc4c4ccccc43)cc2)CC(C)=N1.[C-]#[N+]C1=C([N+]#[C-])N=C(c2ccc(Br)cc2)CC(C)=N1.c1ccc2c(c1)[nH]c1ccccc12. The number of nitrogens with zero attached hydrogens (tertiary/aromatic N) is 9. The fraction of sp³-hybridized carbons (Fsp3) is 0.0943. The van der Waals surface area contributed by atoms with E-state index in [1.54, 1.807) is 0 Å². The van der Waals surface area contributed by atoms with Crippen molar-refractivity contribution in [2.75, 3.05) is 0 Å². The van der Waals surface area contributed by atoms with Crippen molar-refractivity contribution in [3.05, 3.63) is 230 Å². The Morgan fingerprint density at radius 2 is 0.828 bits per heavy atom. The molecule has 1 N–H and O–H groups in total. The number of H-pyrrole nitrogens is 1. The van der Waals surface area contributed by atoms with Crippen molar-refractivity contribution in [2.24, 2.45) is 20.0 Å². The van der Waals surface area contributed by atoms with Gasteiger partial charge in [-0.25, -0.2) is 0 Å². The molecule has 2 aliphatic rings. The number of aliphatic imine (C=N–C) groups is 4. The summed E-state index contributed by atoms with van der Waals surface area (Å²) in [5.74, 6) is 0.238. The summed E-state index contributed by atoms with van der Waals surface area (Å²) in [5, 5.41) is 5.05. The lowest BCUT2D eigenvalue weighted by Gasteiger charge is -2.09. The topological polar surface area (TPSA) is 87.6 Å². The Kier molecular flexibility index (Phi) is 13.3. The van der Waals surface area contributed by atoms with Gasteiger partial charge in [-0.3, -0.25) is 0 Å². The van der Waals surface area contributed by atoms with Crippen LogP contribution in [0.15, 0.2) is 193 Å². The van der Waals surface area contributed by atoms with Crippen LogP contribution >= 0.6 is 15.9 Å². The summed E-state index contributed by atoms with van der Waals surface area (Å²) < 4.78 is 3.25. The fourth-order valence-corrected chi connectivity index (χ4v) is 7.80. The quantitative estimate of drug-likeness (QED) is 0.171. The van der Waals surface area contributed by atoms with Crippen molar-refractivity contribution in [1.82, 2.24) is 9.55 Å². The molecule has 6 aromatic carbocycles. The van der Waals surface area contributed by atoms with Crippen LogP contribution in [0.1, 0.15) is 45.2 Å². The van der Waals surface area contributed by atoms with Crippen molar-refractivity contribution in [1.29, 1.82) is 0 Å². The van der Waals surface area contributed by atoms with Crippen LogP contribution in [0.3, 0.4) is 0 Å². The van der Waals surface area contributed by atoms with Gasteiger partial charge in [0.2, 0.25) is 0 Å². The van der Waals surface area contributed by atoms with Gasteiger partial charge < -0.3 is 28.9 Å². The lowest BCUT2D eigenvalue weighted by atomic mass is 10.0. The molecule has 0 saturated carbocycles. The summed E-state index contributed by atoms with van der Waals surface area (Å²) in [7, 11) is 0. The first-order valence-electron chi connectivity index (χ1n) is 19.8. The molecule has 8 aromatic rings. The number of fused-ring (bicyclic) bond motifs is 6. The van der Waals surface area contributed by atoms with Gasteiger partial charge >= 0.3 is 0 Å². The number of aromatic nitrogens is 2. The molecule has 10 rings (SSSR count). The standard InChI is InChI=1S/C26H17N5.C14H9BrN4.C12H9N.CH4/c1-17-16-22(30-26(28-3)25(27-2)29-17)18-12-14-19(15-13-18)31-23-10-6-4-8-20(23)21-9-5-7-11-24(21)31;1-9-8-12(10-4-6-11(15)7-5-10)19-14(17-3)13(16-2)18-9;1-3-7-11-9(5-1)10-6-2-4-8-12(10)13-11;/h4-15H,16H2,1H3;4-7H,8H2,1H3;1-8,13H;1H4. The minimum Gasteiger partial charge on any atom is -0.370 e. The van der Waals surface area contributed by atoms with Crippen LogP contribution in [0, 0.1) is 26.3 Å². The summed E-state index contributed by atoms with van der Waals surface area (Å²) in [4.78, 5) is 33.9. The molecule has 0 atom stereocenters. The lowest BCUT2D eigenvalue weighted by Crippen LogP contribution is -2.06. The van der Waals surface area contributed by atoms with E-state index in [1.165, 1.54) is 32.6 Å². The number of halogens is 1. The first-order valence-corrected chi connectivity index (χ1v) is 20.6. The highest BCUT2D eigenvalue weighted by Crippen LogP contribution is 2.32. The van der Waals surface area contributed by atoms with Crippen LogP contribution in [0.25, 0.3) is 68.7 Å². The van der Waals surface area contributed by atoms with E-state index in [1.807, 2.05) is 50.2 Å². The van der Waals surface area contributed by atoms with E-state index in [4.69, 9.17) is 26.3 Å². The maximum atomic E-state index is 7.37. The molecule has 0 saturated heterocycles. The Bertz CT molecular complexity index is 3350. The number of hydrogen-bond donors (Lipinski definition) is 1. The third-order valence-electron chi connectivity index (χ3n) is 10.4. The second-order valence-corrected chi connectivity index (χ2v) is 15.5. The Hall–Kier alpha value is -8.48. The van der Waals surface area contributed by atoms with Gasteiger partial charge in [0.1, 0.15) is 22.8 Å². The second kappa shape index (κ2) is 19.5. The van der Waals surface area contributed by atoms with Gasteiger partial charge in [0, 0.05) is 53.9 Å². The average Bonchev–Trinajstić information content (AvgIpc) is 3.74. The lowest BCUT2D eigenvalue weighted by molar-refractivity contribution is 1.18. The van der Waals surface area contributed by atoms with Crippen molar-refractivity contribution in [3.63, 3.8) is 0 Å². The maximum Gasteiger partial charge on any atom is 0.293 e. The summed E-state index contributed by atoms with van der Waals surface area (Å²) in [6.07, 6.45) is 1.05. The van der Waals surface area contributed by atoms with E-state index in [2.05, 4.69) is 174 Å². The second-order valence-electron chi connectivity index (χ2n) is 14.5. The molecule has 0 bridgehead atoms. The van der Waals surface area contributed by atoms with E-state index in [0.717, 1.165) is 55.2 Å². The third-order valence-corrected chi connectivity index (χ3v) is 10.9. The zero-order valence-corrected chi connectivity index (χ0v) is 35.8. The molecule has 0 amide bonds. The van der Waals surface area contributed by atoms with Crippen LogP contribution in [0.2, 0.25) is 0 Å². The van der Waals surface area contributed by atoms with Crippen LogP contribution in [0.4, 0.5) is 0 Å². The van der Waals surface area contributed by atoms with Crippen molar-refractivity contribution >= 4 is 82.4 Å². The number of para-hydroxylation sites is 4. The van der Waals surface area contributed by atoms with E-state index >= 15 is 0 Å². The van der Waals surface area contributed by atoms with E-state index in [9.17, 15) is 0 Å². The fourth-order valence-electron chi connectivity index (χ4n) is 7.54. The summed E-state index contributed by atoms with van der Waals surface area (Å²) in [6.45, 7) is 32.5. The van der Waals surface area contributed by atoms with E-state index in [-0.39, 0.29) is 30.7 Å². The number of rotatable bonds is 3. The Morgan fingerprint density at radius 3 is 1.25 bits per heavy atom. The number of hydrogen-bond acceptors (Lipinski definition) is 4. The number of nitrogens with one attached hydrogen (secondary N) is 1. The molecule has 64 heavy (non-hydrogen) atoms. The highest BCUT2D eigenvalue weighted by molar-refractivity contribution is 9.10. The van der Waals surface area contributed by atoms with E-state index in [0.29, 0.717) is 12.8 Å². The maximum absolute atomic E-state index is 7.37. The molecule has 0 aliphatic carbocycles. The molecule has 2 aromatic heterocycles. The normalized spacial score (nSPS) is 13.5. The predicted molar refractivity (Wildman–Crippen MR) is 266 cm³/mol. The Labute approximate surface area is 380 Å². The van der Waals surface area contributed by atoms with Gasteiger partial charge in [-0.2, -0.15) is 0 Å². The minimum absolute atomic E-state index is 0. The highest BCUT2D eigenvalue weighted by Gasteiger charge is 2.21. The van der Waals surface area contributed by atoms with Gasteiger partial charge in [-0.05, 0) is 86.6 Å². The molecule has 0 unspecified atom stereocenters. The van der Waals surface area contributed by atoms with Gasteiger partial charge in [0.05, 0.1) is 23.9 Å². The molecular weight excluding hydrogens is 857 g/mol. The molecule has 0 fully saturated rings. The van der Waals surface area contributed by atoms with Gasteiger partial charge in [0.15, 0.2) is 0 Å². The molecule has 10 nitrogen and oxygen atoms in total. The molecule has 2 aliphatic heterocycles. The zero-order valence-electron chi connectivity index (χ0n) is 34.2. The third kappa shape index (κ3) is 9.08. The van der Waals surface area contributed by atoms with Gasteiger partial charge in [-0.15, -0.1) is 20.0 Å². The molecule has 11 heteroatoms. The smallest absolute Gasteiger partial charge is 0.293 e. The first kappa shape index (κ1) is 43.6. The minimum atomic E-state index is 0. The van der Waals surface area contributed by atoms with Crippen molar-refractivity contribution < 1.29 is 0 Å². The van der Waals surface area contributed by atoms with E-state index < -0.39 is 0 Å². The number of aromatic amines is 1. The molecule has 0 radical (unpaired) electrons. The largest absolute Gasteiger partial charge is 0.370 e. The van der Waals surface area contributed by atoms with Crippen molar-refractivity contribution in [3.8, 4) is 5.69 Å². The highest BCUT2D eigenvalue weighted by atomic mass is 79.9. The molecular formula is C53H39BrN10. The van der Waals surface area contributed by atoms with Gasteiger partial charge in [-0.1, -0.05) is 122 Å². The summed E-state index contributed by atoms with van der Waals surface area (Å²) in [5.41, 5.74) is 10.7. The summed E-state index contributed by atoms with van der Waals surface area (Å²) >= 11 is 3.38. The molecule has 0 spiro atoms. The number of benzene rings is 6. The average molecular weight is 896 g/mol. The first-order chi connectivity index (χ1) is 30.8. The summed E-state index contributed by atoms with van der Waals surface area (Å²) in [6, 6.07) is 49.5. The zero-order chi connectivity index (χ0) is 43.9. The van der Waals surface area contributed by atoms with Gasteiger partial charge in [0.25, 0.3) is 23.3 Å². The molecule has 308 valence electrons. The Morgan fingerprint density at radius 1 is 0.469 bits per heavy atom. The van der Waals surface area contributed by atoms with Crippen molar-refractivity contribution in [2.45, 2.75) is 34.1 Å². The van der Waals surface area contributed by atoms with Crippen LogP contribution < -0.4 is 0 Å². The van der Waals surface area contributed by atoms with Crippen LogP contribution in [-0.4, -0.2) is 32.4 Å². The van der Waals surface area contributed by atoms with Crippen LogP contribution in [0.5, 0.6) is 0 Å². The monoisotopic (exact) mass is 894 g/mol.